The highest BCUT2D eigenvalue weighted by Crippen LogP contribution is 2.23. The number of aromatic nitrogens is 2. The van der Waals surface area contributed by atoms with Crippen molar-refractivity contribution in [1.82, 2.24) is 9.97 Å². The van der Waals surface area contributed by atoms with Gasteiger partial charge < -0.3 is 4.74 Å². The first-order chi connectivity index (χ1) is 6.99. The molecule has 0 N–H and O–H groups in total. The van der Waals surface area contributed by atoms with Crippen LogP contribution in [-0.2, 0) is 0 Å². The molecule has 15 heavy (non-hydrogen) atoms. The molecule has 7 heteroatoms. The van der Waals surface area contributed by atoms with Crippen molar-refractivity contribution in [3.05, 3.63) is 17.0 Å². The van der Waals surface area contributed by atoms with Gasteiger partial charge in [0.1, 0.15) is 6.33 Å². The maximum absolute atomic E-state index is 11.8. The summed E-state index contributed by atoms with van der Waals surface area (Å²) in [5.41, 5.74) is 0. The third-order valence-corrected chi connectivity index (χ3v) is 2.02. The fourth-order valence-corrected chi connectivity index (χ4v) is 1.18. The minimum Gasteiger partial charge on any atom is -0.477 e. The van der Waals surface area contributed by atoms with Crippen LogP contribution in [0, 0.1) is 0 Å². The number of ether oxygens (including phenoxy) is 1. The number of hydrogen-bond acceptors (Lipinski definition) is 3. The summed E-state index contributed by atoms with van der Waals surface area (Å²) in [6, 6.07) is 0. The fourth-order valence-electron chi connectivity index (χ4n) is 0.849. The molecule has 0 saturated heterocycles. The van der Waals surface area contributed by atoms with Crippen LogP contribution in [0.4, 0.5) is 13.2 Å². The Morgan fingerprint density at radius 2 is 2.13 bits per heavy atom. The molecule has 3 nitrogen and oxygen atoms in total. The highest BCUT2D eigenvalue weighted by atomic mass is 79.9. The standard InChI is InChI=1S/C8H8BrF3N2O/c9-6-4-13-5-14-7(6)15-3-1-2-8(10,11)12/h4-5H,1-3H2. The Hall–Kier alpha value is -0.850. The minimum absolute atomic E-state index is 0.0187. The summed E-state index contributed by atoms with van der Waals surface area (Å²) in [4.78, 5) is 7.45. The summed E-state index contributed by atoms with van der Waals surface area (Å²) in [5, 5.41) is 0. The second-order valence-corrected chi connectivity index (χ2v) is 3.60. The molecule has 0 saturated carbocycles. The van der Waals surface area contributed by atoms with Crippen molar-refractivity contribution in [3.63, 3.8) is 0 Å². The van der Waals surface area contributed by atoms with Crippen LogP contribution in [0.2, 0.25) is 0 Å². The maximum atomic E-state index is 11.8. The number of rotatable bonds is 4. The Morgan fingerprint density at radius 1 is 1.40 bits per heavy atom. The second kappa shape index (κ2) is 5.29. The Balaban J connectivity index is 2.30. The van der Waals surface area contributed by atoms with Crippen LogP contribution in [-0.4, -0.2) is 22.8 Å². The normalized spacial score (nSPS) is 11.5. The molecule has 0 unspecified atom stereocenters. The highest BCUT2D eigenvalue weighted by Gasteiger charge is 2.26. The molecular weight excluding hydrogens is 277 g/mol. The SMILES string of the molecule is FC(F)(F)CCCOc1ncncc1Br. The molecule has 1 rings (SSSR count). The van der Waals surface area contributed by atoms with E-state index in [-0.39, 0.29) is 18.9 Å². The zero-order valence-corrected chi connectivity index (χ0v) is 9.18. The average Bonchev–Trinajstić information content (AvgIpc) is 2.13. The van der Waals surface area contributed by atoms with Gasteiger partial charge in [0.15, 0.2) is 0 Å². The first-order valence-corrected chi connectivity index (χ1v) is 4.93. The highest BCUT2D eigenvalue weighted by molar-refractivity contribution is 9.10. The van der Waals surface area contributed by atoms with E-state index >= 15 is 0 Å². The van der Waals surface area contributed by atoms with Crippen LogP contribution >= 0.6 is 15.9 Å². The third kappa shape index (κ3) is 4.96. The van der Waals surface area contributed by atoms with Crippen LogP contribution in [0.25, 0.3) is 0 Å². The van der Waals surface area contributed by atoms with Gasteiger partial charge in [-0.15, -0.1) is 0 Å². The summed E-state index contributed by atoms with van der Waals surface area (Å²) < 4.78 is 40.9. The molecule has 0 radical (unpaired) electrons. The first-order valence-electron chi connectivity index (χ1n) is 4.14. The molecule has 0 atom stereocenters. The first kappa shape index (κ1) is 12.2. The molecule has 0 amide bonds. The van der Waals surface area contributed by atoms with E-state index in [0.717, 1.165) is 0 Å². The zero-order chi connectivity index (χ0) is 11.3. The minimum atomic E-state index is -4.13. The van der Waals surface area contributed by atoms with E-state index < -0.39 is 12.6 Å². The van der Waals surface area contributed by atoms with E-state index in [0.29, 0.717) is 4.47 Å². The lowest BCUT2D eigenvalue weighted by Crippen LogP contribution is -2.10. The molecule has 0 aliphatic rings. The Bertz CT molecular complexity index is 319. The van der Waals surface area contributed by atoms with Crippen LogP contribution in [0.5, 0.6) is 5.88 Å². The van der Waals surface area contributed by atoms with E-state index in [1.807, 2.05) is 0 Å². The van der Waals surface area contributed by atoms with Crippen molar-refractivity contribution in [2.45, 2.75) is 19.0 Å². The number of halogens is 4. The lowest BCUT2D eigenvalue weighted by atomic mass is 10.3. The van der Waals surface area contributed by atoms with Crippen LogP contribution < -0.4 is 4.74 Å². The van der Waals surface area contributed by atoms with Gasteiger partial charge in [-0.25, -0.2) is 9.97 Å². The van der Waals surface area contributed by atoms with Gasteiger partial charge in [-0.2, -0.15) is 13.2 Å². The van der Waals surface area contributed by atoms with Gasteiger partial charge in [-0.1, -0.05) is 0 Å². The van der Waals surface area contributed by atoms with Crippen LogP contribution in [0.3, 0.4) is 0 Å². The third-order valence-electron chi connectivity index (χ3n) is 1.48. The van der Waals surface area contributed by atoms with Crippen molar-refractivity contribution in [2.24, 2.45) is 0 Å². The van der Waals surface area contributed by atoms with Crippen molar-refractivity contribution >= 4 is 15.9 Å². The zero-order valence-electron chi connectivity index (χ0n) is 7.59. The second-order valence-electron chi connectivity index (χ2n) is 2.74. The van der Waals surface area contributed by atoms with Gasteiger partial charge in [-0.3, -0.25) is 0 Å². The molecule has 0 aliphatic heterocycles. The average molecular weight is 285 g/mol. The predicted octanol–water partition coefficient (Wildman–Crippen LogP) is 2.96. The van der Waals surface area contributed by atoms with Gasteiger partial charge in [0.05, 0.1) is 11.1 Å². The van der Waals surface area contributed by atoms with Crippen molar-refractivity contribution in [1.29, 1.82) is 0 Å². The van der Waals surface area contributed by atoms with Crippen molar-refractivity contribution in [2.75, 3.05) is 6.61 Å². The van der Waals surface area contributed by atoms with Crippen molar-refractivity contribution < 1.29 is 17.9 Å². The molecular formula is C8H8BrF3N2O. The maximum Gasteiger partial charge on any atom is 0.389 e. The number of alkyl halides is 3. The van der Waals surface area contributed by atoms with Gasteiger partial charge in [-0.05, 0) is 22.4 Å². The van der Waals surface area contributed by atoms with Gasteiger partial charge in [0.25, 0.3) is 0 Å². The molecule has 84 valence electrons. The van der Waals surface area contributed by atoms with Crippen LogP contribution in [0.15, 0.2) is 17.0 Å². The summed E-state index contributed by atoms with van der Waals surface area (Å²) >= 11 is 3.12. The molecule has 0 bridgehead atoms. The molecule has 1 aromatic rings. The monoisotopic (exact) mass is 284 g/mol. The molecule has 0 spiro atoms. The van der Waals surface area contributed by atoms with E-state index in [1.165, 1.54) is 12.5 Å². The van der Waals surface area contributed by atoms with Crippen LogP contribution in [0.1, 0.15) is 12.8 Å². The summed E-state index contributed by atoms with van der Waals surface area (Å²) in [5.74, 6) is 0.257. The fraction of sp³-hybridized carbons (Fsp3) is 0.500. The molecule has 0 aliphatic carbocycles. The molecule has 1 aromatic heterocycles. The molecule has 0 fully saturated rings. The largest absolute Gasteiger partial charge is 0.477 e. The van der Waals surface area contributed by atoms with Gasteiger partial charge in [0, 0.05) is 12.6 Å². The van der Waals surface area contributed by atoms with E-state index in [1.54, 1.807) is 0 Å². The smallest absolute Gasteiger partial charge is 0.389 e. The quantitative estimate of drug-likeness (QED) is 0.798. The van der Waals surface area contributed by atoms with E-state index in [2.05, 4.69) is 25.9 Å². The predicted molar refractivity (Wildman–Crippen MR) is 50.5 cm³/mol. The Morgan fingerprint density at radius 3 is 2.73 bits per heavy atom. The van der Waals surface area contributed by atoms with E-state index in [4.69, 9.17) is 4.74 Å². The van der Waals surface area contributed by atoms with Gasteiger partial charge in [0.2, 0.25) is 5.88 Å². The number of nitrogens with zero attached hydrogens (tertiary/aromatic N) is 2. The lowest BCUT2D eigenvalue weighted by Gasteiger charge is -2.07. The summed E-state index contributed by atoms with van der Waals surface area (Å²) in [7, 11) is 0. The Labute approximate surface area is 92.8 Å². The van der Waals surface area contributed by atoms with Crippen molar-refractivity contribution in [3.8, 4) is 5.88 Å². The van der Waals surface area contributed by atoms with Gasteiger partial charge >= 0.3 is 6.18 Å². The topological polar surface area (TPSA) is 35.0 Å². The molecule has 0 aromatic carbocycles. The van der Waals surface area contributed by atoms with E-state index in [9.17, 15) is 13.2 Å². The number of hydrogen-bond donors (Lipinski definition) is 0. The lowest BCUT2D eigenvalue weighted by molar-refractivity contribution is -0.136. The summed E-state index contributed by atoms with van der Waals surface area (Å²) in [6.45, 7) is -0.0187. The Kier molecular flexibility index (Phi) is 4.31. The molecule has 1 heterocycles. The summed E-state index contributed by atoms with van der Waals surface area (Å²) in [6.07, 6.45) is -2.34.